The summed E-state index contributed by atoms with van der Waals surface area (Å²) in [4.78, 5) is 41.4. The van der Waals surface area contributed by atoms with Crippen molar-refractivity contribution in [3.05, 3.63) is 51.4 Å². The molecule has 8 heteroatoms. The van der Waals surface area contributed by atoms with E-state index in [1.807, 2.05) is 7.05 Å². The van der Waals surface area contributed by atoms with Crippen LogP contribution in [0.4, 0.5) is 5.00 Å². The van der Waals surface area contributed by atoms with Crippen LogP contribution >= 0.6 is 11.3 Å². The number of benzene rings is 1. The predicted octanol–water partition coefficient (Wildman–Crippen LogP) is 1.84. The van der Waals surface area contributed by atoms with Crippen molar-refractivity contribution in [1.82, 2.24) is 9.80 Å². The van der Waals surface area contributed by atoms with Crippen molar-refractivity contribution < 1.29 is 14.4 Å². The fourth-order valence-electron chi connectivity index (χ4n) is 3.43. The lowest BCUT2D eigenvalue weighted by atomic mass is 10.0. The molecule has 0 spiro atoms. The zero-order valence-electron chi connectivity index (χ0n) is 14.6. The van der Waals surface area contributed by atoms with E-state index in [1.165, 1.54) is 11.3 Å². The molecule has 27 heavy (non-hydrogen) atoms. The summed E-state index contributed by atoms with van der Waals surface area (Å²) in [5, 5.41) is 12.7. The van der Waals surface area contributed by atoms with Gasteiger partial charge in [0.25, 0.3) is 11.8 Å². The molecule has 1 aromatic heterocycles. The molecule has 0 saturated heterocycles. The van der Waals surface area contributed by atoms with Gasteiger partial charge in [-0.1, -0.05) is 12.1 Å². The van der Waals surface area contributed by atoms with Gasteiger partial charge in [0.15, 0.2) is 0 Å². The summed E-state index contributed by atoms with van der Waals surface area (Å²) in [6.45, 7) is 1.23. The number of amides is 3. The minimum atomic E-state index is -0.493. The van der Waals surface area contributed by atoms with Gasteiger partial charge in [-0.15, -0.1) is 11.3 Å². The molecular formula is C19H16N4O3S. The van der Waals surface area contributed by atoms with Gasteiger partial charge in [-0.3, -0.25) is 19.3 Å². The summed E-state index contributed by atoms with van der Waals surface area (Å²) < 4.78 is 0. The van der Waals surface area contributed by atoms with Gasteiger partial charge >= 0.3 is 0 Å². The zero-order valence-corrected chi connectivity index (χ0v) is 15.4. The largest absolute Gasteiger partial charge is 0.315 e. The topological polar surface area (TPSA) is 93.5 Å². The molecule has 0 unspecified atom stereocenters. The van der Waals surface area contributed by atoms with Crippen molar-refractivity contribution in [3.8, 4) is 6.07 Å². The van der Waals surface area contributed by atoms with Crippen LogP contribution in [0.15, 0.2) is 24.3 Å². The third kappa shape index (κ3) is 2.91. The quantitative estimate of drug-likeness (QED) is 0.820. The van der Waals surface area contributed by atoms with Crippen LogP contribution in [0, 0.1) is 11.3 Å². The molecule has 0 atom stereocenters. The fourth-order valence-corrected chi connectivity index (χ4v) is 4.72. The number of hydrogen-bond acceptors (Lipinski definition) is 6. The summed E-state index contributed by atoms with van der Waals surface area (Å²) in [6, 6.07) is 8.69. The number of carbonyl (C=O) groups excluding carboxylic acids is 3. The van der Waals surface area contributed by atoms with E-state index in [-0.39, 0.29) is 6.54 Å². The van der Waals surface area contributed by atoms with E-state index >= 15 is 0 Å². The average molecular weight is 380 g/mol. The Hall–Kier alpha value is -3.02. The normalized spacial score (nSPS) is 16.1. The third-order valence-electron chi connectivity index (χ3n) is 4.79. The fraction of sp³-hybridized carbons (Fsp3) is 0.263. The van der Waals surface area contributed by atoms with Crippen LogP contribution in [-0.2, 0) is 17.8 Å². The number of carbonyl (C=O) groups is 3. The maximum Gasteiger partial charge on any atom is 0.262 e. The molecule has 2 aromatic rings. The van der Waals surface area contributed by atoms with Crippen molar-refractivity contribution in [2.75, 3.05) is 25.5 Å². The smallest absolute Gasteiger partial charge is 0.262 e. The first-order valence-electron chi connectivity index (χ1n) is 8.48. The molecule has 0 saturated carbocycles. The number of fused-ring (bicyclic) bond motifs is 2. The van der Waals surface area contributed by atoms with E-state index in [9.17, 15) is 19.6 Å². The van der Waals surface area contributed by atoms with Gasteiger partial charge in [-0.25, -0.2) is 0 Å². The predicted molar refractivity (Wildman–Crippen MR) is 99.5 cm³/mol. The summed E-state index contributed by atoms with van der Waals surface area (Å²) in [5.74, 6) is -1.44. The molecule has 1 N–H and O–H groups in total. The molecule has 4 rings (SSSR count). The molecule has 2 aliphatic heterocycles. The van der Waals surface area contributed by atoms with E-state index < -0.39 is 17.7 Å². The minimum Gasteiger partial charge on any atom is -0.315 e. The number of hydrogen-bond donors (Lipinski definition) is 1. The number of nitrogens with one attached hydrogen (secondary N) is 1. The Balaban J connectivity index is 1.52. The first-order valence-corrected chi connectivity index (χ1v) is 9.29. The number of nitrogens with zero attached hydrogens (tertiary/aromatic N) is 3. The molecule has 1 aromatic carbocycles. The Morgan fingerprint density at radius 1 is 1.26 bits per heavy atom. The Labute approximate surface area is 159 Å². The minimum absolute atomic E-state index is 0.308. The van der Waals surface area contributed by atoms with Crippen molar-refractivity contribution in [1.29, 1.82) is 5.26 Å². The first kappa shape index (κ1) is 17.4. The van der Waals surface area contributed by atoms with Crippen molar-refractivity contribution in [2.45, 2.75) is 13.0 Å². The lowest BCUT2D eigenvalue weighted by molar-refractivity contribution is -0.116. The van der Waals surface area contributed by atoms with Gasteiger partial charge in [-0.05, 0) is 31.2 Å². The van der Waals surface area contributed by atoms with Crippen molar-refractivity contribution in [2.24, 2.45) is 0 Å². The molecule has 7 nitrogen and oxygen atoms in total. The number of anilines is 1. The van der Waals surface area contributed by atoms with Crippen molar-refractivity contribution in [3.63, 3.8) is 0 Å². The van der Waals surface area contributed by atoms with Crippen LogP contribution in [0.2, 0.25) is 0 Å². The van der Waals surface area contributed by atoms with E-state index in [2.05, 4.69) is 16.3 Å². The third-order valence-corrected chi connectivity index (χ3v) is 5.92. The van der Waals surface area contributed by atoms with Crippen LogP contribution in [0.25, 0.3) is 0 Å². The van der Waals surface area contributed by atoms with Crippen LogP contribution in [0.5, 0.6) is 0 Å². The molecule has 3 amide bonds. The monoisotopic (exact) mass is 380 g/mol. The lowest BCUT2D eigenvalue weighted by Crippen LogP contribution is -2.37. The zero-order chi connectivity index (χ0) is 19.1. The maximum atomic E-state index is 12.5. The summed E-state index contributed by atoms with van der Waals surface area (Å²) >= 11 is 1.38. The molecule has 2 aliphatic rings. The molecule has 136 valence electrons. The first-order chi connectivity index (χ1) is 13.0. The van der Waals surface area contributed by atoms with Gasteiger partial charge in [0.1, 0.15) is 17.6 Å². The standard InChI is InChI=1S/C19H16N4O3S/c1-22-7-6-11-14(8-20)17(27-15(11)9-22)21-16(24)10-23-18(25)12-4-2-3-5-13(12)19(23)26/h2-5H,6-7,9-10H2,1H3,(H,21,24). The Morgan fingerprint density at radius 3 is 2.56 bits per heavy atom. The molecule has 0 fully saturated rings. The second-order valence-corrected chi connectivity index (χ2v) is 7.70. The van der Waals surface area contributed by atoms with Crippen LogP contribution in [-0.4, -0.2) is 47.7 Å². The number of imide groups is 1. The average Bonchev–Trinajstić information content (AvgIpc) is 3.11. The summed E-state index contributed by atoms with van der Waals surface area (Å²) in [5.41, 5.74) is 2.08. The highest BCUT2D eigenvalue weighted by atomic mass is 32.1. The second kappa shape index (κ2) is 6.61. The maximum absolute atomic E-state index is 12.5. The highest BCUT2D eigenvalue weighted by Crippen LogP contribution is 2.36. The number of likely N-dealkylation sites (N-methyl/N-ethyl adjacent to an activating group) is 1. The number of nitriles is 1. The molecule has 0 bridgehead atoms. The molecular weight excluding hydrogens is 364 g/mol. The van der Waals surface area contributed by atoms with Crippen LogP contribution in [0.3, 0.4) is 0 Å². The molecule has 3 heterocycles. The Bertz CT molecular complexity index is 985. The Kier molecular flexibility index (Phi) is 4.26. The lowest BCUT2D eigenvalue weighted by Gasteiger charge is -2.21. The van der Waals surface area contributed by atoms with E-state index in [0.717, 1.165) is 34.9 Å². The van der Waals surface area contributed by atoms with E-state index in [4.69, 9.17) is 0 Å². The highest BCUT2D eigenvalue weighted by Gasteiger charge is 2.36. The molecule has 0 aliphatic carbocycles. The van der Waals surface area contributed by atoms with Crippen LogP contribution in [0.1, 0.15) is 36.7 Å². The summed E-state index contributed by atoms with van der Waals surface area (Å²) in [7, 11) is 2.01. The van der Waals surface area contributed by atoms with Crippen LogP contribution < -0.4 is 5.32 Å². The number of thiophene rings is 1. The Morgan fingerprint density at radius 2 is 1.93 bits per heavy atom. The van der Waals surface area contributed by atoms with E-state index in [0.29, 0.717) is 21.7 Å². The van der Waals surface area contributed by atoms with Gasteiger partial charge in [0.05, 0.1) is 16.7 Å². The van der Waals surface area contributed by atoms with Gasteiger partial charge in [-0.2, -0.15) is 5.26 Å². The van der Waals surface area contributed by atoms with Gasteiger partial charge in [0.2, 0.25) is 5.91 Å². The SMILES string of the molecule is CN1CCc2c(sc(NC(=O)CN3C(=O)c4ccccc4C3=O)c2C#N)C1. The van der Waals surface area contributed by atoms with Gasteiger partial charge < -0.3 is 10.2 Å². The second-order valence-electron chi connectivity index (χ2n) is 6.60. The number of rotatable bonds is 3. The van der Waals surface area contributed by atoms with E-state index in [1.54, 1.807) is 24.3 Å². The highest BCUT2D eigenvalue weighted by molar-refractivity contribution is 7.16. The van der Waals surface area contributed by atoms with Crippen molar-refractivity contribution >= 4 is 34.1 Å². The molecule has 0 radical (unpaired) electrons. The summed E-state index contributed by atoms with van der Waals surface area (Å²) in [6.07, 6.45) is 0.763. The van der Waals surface area contributed by atoms with Gasteiger partial charge in [0, 0.05) is 18.0 Å².